The van der Waals surface area contributed by atoms with Crippen LogP contribution in [-0.4, -0.2) is 20.9 Å². The molecule has 0 bridgehead atoms. The second kappa shape index (κ2) is 6.59. The van der Waals surface area contributed by atoms with Crippen LogP contribution < -0.4 is 5.32 Å². The Hall–Kier alpha value is -1.07. The molecule has 0 heterocycles. The summed E-state index contributed by atoms with van der Waals surface area (Å²) in [5, 5.41) is 2.78. The van der Waals surface area contributed by atoms with Crippen LogP contribution in [0.2, 0.25) is 0 Å². The summed E-state index contributed by atoms with van der Waals surface area (Å²) < 4.78 is 23.0. The summed E-state index contributed by atoms with van der Waals surface area (Å²) in [6.07, 6.45) is 0.872. The summed E-state index contributed by atoms with van der Waals surface area (Å²) >= 11 is 0. The normalized spacial score (nSPS) is 11.7. The zero-order chi connectivity index (χ0) is 15.5. The van der Waals surface area contributed by atoms with Crippen molar-refractivity contribution >= 4 is 25.6 Å². The largest absolute Gasteiger partial charge is 0.352 e. The first-order chi connectivity index (χ1) is 9.12. The van der Waals surface area contributed by atoms with Gasteiger partial charge in [-0.25, -0.2) is 8.42 Å². The molecule has 0 unspecified atom stereocenters. The molecule has 1 N–H and O–H groups in total. The van der Waals surface area contributed by atoms with Crippen molar-refractivity contribution in [1.82, 2.24) is 5.32 Å². The van der Waals surface area contributed by atoms with Crippen LogP contribution in [0.25, 0.3) is 0 Å². The first kappa shape index (κ1) is 17.0. The second-order valence-electron chi connectivity index (χ2n) is 5.29. The molecule has 0 fully saturated rings. The maximum Gasteiger partial charge on any atom is 0.261 e. The highest BCUT2D eigenvalue weighted by Gasteiger charge is 2.18. The molecule has 1 aromatic rings. The van der Waals surface area contributed by atoms with Gasteiger partial charge in [-0.15, -0.1) is 0 Å². The van der Waals surface area contributed by atoms with E-state index < -0.39 is 9.05 Å². The fraction of sp³-hybridized carbons (Fsp3) is 0.500. The van der Waals surface area contributed by atoms with Crippen LogP contribution in [0.3, 0.4) is 0 Å². The average molecular weight is 318 g/mol. The van der Waals surface area contributed by atoms with Gasteiger partial charge in [-0.3, -0.25) is 4.79 Å². The van der Waals surface area contributed by atoms with Crippen LogP contribution >= 0.6 is 10.7 Å². The highest BCUT2D eigenvalue weighted by atomic mass is 35.7. The maximum atomic E-state index is 12.0. The van der Waals surface area contributed by atoms with Crippen molar-refractivity contribution < 1.29 is 13.2 Å². The smallest absolute Gasteiger partial charge is 0.261 e. The Balaban J connectivity index is 3.03. The SMILES string of the molecule is Cc1cc(C(=O)NCCC(C)C)cc(S(=O)(=O)Cl)c1C. The van der Waals surface area contributed by atoms with Gasteiger partial charge < -0.3 is 5.32 Å². The lowest BCUT2D eigenvalue weighted by atomic mass is 10.1. The van der Waals surface area contributed by atoms with Crippen molar-refractivity contribution in [2.24, 2.45) is 5.92 Å². The second-order valence-corrected chi connectivity index (χ2v) is 7.83. The molecule has 20 heavy (non-hydrogen) atoms. The van der Waals surface area contributed by atoms with E-state index in [4.69, 9.17) is 10.7 Å². The lowest BCUT2D eigenvalue weighted by Gasteiger charge is -2.11. The van der Waals surface area contributed by atoms with E-state index in [0.29, 0.717) is 23.6 Å². The van der Waals surface area contributed by atoms with Crippen molar-refractivity contribution in [3.05, 3.63) is 28.8 Å². The Bertz CT molecular complexity index is 609. The number of amides is 1. The third-order valence-corrected chi connectivity index (χ3v) is 4.60. The van der Waals surface area contributed by atoms with Crippen LogP contribution in [0.5, 0.6) is 0 Å². The molecule has 0 saturated heterocycles. The van der Waals surface area contributed by atoms with Crippen molar-refractivity contribution in [1.29, 1.82) is 0 Å². The lowest BCUT2D eigenvalue weighted by Crippen LogP contribution is -2.25. The average Bonchev–Trinajstić information content (AvgIpc) is 2.30. The lowest BCUT2D eigenvalue weighted by molar-refractivity contribution is 0.0951. The third kappa shape index (κ3) is 4.49. The van der Waals surface area contributed by atoms with Gasteiger partial charge in [0.1, 0.15) is 0 Å². The fourth-order valence-electron chi connectivity index (χ4n) is 1.79. The number of benzene rings is 1. The third-order valence-electron chi connectivity index (χ3n) is 3.15. The van der Waals surface area contributed by atoms with Crippen LogP contribution in [0, 0.1) is 19.8 Å². The highest BCUT2D eigenvalue weighted by Crippen LogP contribution is 2.24. The standard InChI is InChI=1S/C14H20ClNO3S/c1-9(2)5-6-16-14(17)12-7-10(3)11(4)13(8-12)20(15,18)19/h7-9H,5-6H2,1-4H3,(H,16,17). The number of rotatable bonds is 5. The molecule has 0 aliphatic heterocycles. The van der Waals surface area contributed by atoms with Gasteiger partial charge in [0.15, 0.2) is 0 Å². The van der Waals surface area contributed by atoms with Crippen molar-refractivity contribution in [2.75, 3.05) is 6.54 Å². The molecular weight excluding hydrogens is 298 g/mol. The van der Waals surface area contributed by atoms with E-state index in [9.17, 15) is 13.2 Å². The molecule has 1 aromatic carbocycles. The Morgan fingerprint density at radius 2 is 1.90 bits per heavy atom. The Labute approximate surface area is 124 Å². The number of carbonyl (C=O) groups is 1. The molecule has 1 amide bonds. The number of aryl methyl sites for hydroxylation is 1. The minimum atomic E-state index is -3.85. The van der Waals surface area contributed by atoms with Gasteiger partial charge in [-0.2, -0.15) is 0 Å². The van der Waals surface area contributed by atoms with Crippen molar-refractivity contribution in [3.63, 3.8) is 0 Å². The van der Waals surface area contributed by atoms with Gasteiger partial charge in [-0.05, 0) is 49.4 Å². The molecule has 112 valence electrons. The van der Waals surface area contributed by atoms with Crippen LogP contribution in [-0.2, 0) is 9.05 Å². The number of hydrogen-bond donors (Lipinski definition) is 1. The van der Waals surface area contributed by atoms with Crippen molar-refractivity contribution in [2.45, 2.75) is 39.0 Å². The zero-order valence-electron chi connectivity index (χ0n) is 12.2. The van der Waals surface area contributed by atoms with Gasteiger partial charge in [0.05, 0.1) is 4.90 Å². The number of hydrogen-bond acceptors (Lipinski definition) is 3. The Morgan fingerprint density at radius 1 is 1.30 bits per heavy atom. The zero-order valence-corrected chi connectivity index (χ0v) is 13.7. The maximum absolute atomic E-state index is 12.0. The number of nitrogens with one attached hydrogen (secondary N) is 1. The molecule has 0 aliphatic rings. The molecule has 0 saturated carbocycles. The first-order valence-electron chi connectivity index (χ1n) is 6.47. The van der Waals surface area contributed by atoms with Crippen LogP contribution in [0.1, 0.15) is 41.8 Å². The van der Waals surface area contributed by atoms with E-state index in [-0.39, 0.29) is 10.8 Å². The molecule has 6 heteroatoms. The summed E-state index contributed by atoms with van der Waals surface area (Å²) in [6, 6.07) is 3.00. The molecule has 0 aliphatic carbocycles. The highest BCUT2D eigenvalue weighted by molar-refractivity contribution is 8.13. The predicted octanol–water partition coefficient (Wildman–Crippen LogP) is 3.01. The van der Waals surface area contributed by atoms with Gasteiger partial charge in [0, 0.05) is 22.8 Å². The molecule has 0 atom stereocenters. The van der Waals surface area contributed by atoms with E-state index in [1.807, 2.05) is 0 Å². The van der Waals surface area contributed by atoms with E-state index in [2.05, 4.69) is 19.2 Å². The summed E-state index contributed by atoms with van der Waals surface area (Å²) in [5.41, 5.74) is 1.61. The molecule has 1 rings (SSSR count). The summed E-state index contributed by atoms with van der Waals surface area (Å²) in [6.45, 7) is 8.13. The fourth-order valence-corrected chi connectivity index (χ4v) is 3.06. The summed E-state index contributed by atoms with van der Waals surface area (Å²) in [5.74, 6) is 0.212. The number of carbonyl (C=O) groups excluding carboxylic acids is 1. The topological polar surface area (TPSA) is 63.2 Å². The molecule has 0 radical (unpaired) electrons. The van der Waals surface area contributed by atoms with Gasteiger partial charge in [-0.1, -0.05) is 13.8 Å². The van der Waals surface area contributed by atoms with E-state index in [1.165, 1.54) is 6.07 Å². The Kier molecular flexibility index (Phi) is 5.59. The Morgan fingerprint density at radius 3 is 2.40 bits per heavy atom. The van der Waals surface area contributed by atoms with Gasteiger partial charge in [0.2, 0.25) is 0 Å². The first-order valence-corrected chi connectivity index (χ1v) is 8.78. The van der Waals surface area contributed by atoms with Crippen LogP contribution in [0.15, 0.2) is 17.0 Å². The van der Waals surface area contributed by atoms with E-state index in [0.717, 1.165) is 12.0 Å². The molecule has 4 nitrogen and oxygen atoms in total. The molecule has 0 spiro atoms. The quantitative estimate of drug-likeness (QED) is 0.849. The molecular formula is C14H20ClNO3S. The summed E-state index contributed by atoms with van der Waals surface area (Å²) in [7, 11) is 1.55. The van der Waals surface area contributed by atoms with Crippen molar-refractivity contribution in [3.8, 4) is 0 Å². The number of halogens is 1. The van der Waals surface area contributed by atoms with Gasteiger partial charge >= 0.3 is 0 Å². The predicted molar refractivity (Wildman–Crippen MR) is 80.7 cm³/mol. The molecule has 0 aromatic heterocycles. The monoisotopic (exact) mass is 317 g/mol. The van der Waals surface area contributed by atoms with Gasteiger partial charge in [0.25, 0.3) is 15.0 Å². The van der Waals surface area contributed by atoms with E-state index >= 15 is 0 Å². The minimum absolute atomic E-state index is 0.00632. The summed E-state index contributed by atoms with van der Waals surface area (Å²) in [4.78, 5) is 12.0. The van der Waals surface area contributed by atoms with E-state index in [1.54, 1.807) is 19.9 Å². The minimum Gasteiger partial charge on any atom is -0.352 e. The van der Waals surface area contributed by atoms with Crippen LogP contribution in [0.4, 0.5) is 0 Å².